The van der Waals surface area contributed by atoms with Crippen molar-refractivity contribution in [2.24, 2.45) is 10.2 Å². The van der Waals surface area contributed by atoms with Crippen molar-refractivity contribution < 1.29 is 19.4 Å². The van der Waals surface area contributed by atoms with Crippen molar-refractivity contribution in [2.75, 3.05) is 0 Å². The summed E-state index contributed by atoms with van der Waals surface area (Å²) in [4.78, 5) is 43.1. The van der Waals surface area contributed by atoms with Crippen LogP contribution in [0.15, 0.2) is 58.7 Å². The maximum absolute atomic E-state index is 11.6. The molecule has 0 bridgehead atoms. The molecule has 142 valence electrons. The van der Waals surface area contributed by atoms with Crippen LogP contribution >= 0.6 is 0 Å². The predicted molar refractivity (Wildman–Crippen MR) is 97.7 cm³/mol. The summed E-state index contributed by atoms with van der Waals surface area (Å²) >= 11 is 0. The maximum atomic E-state index is 11.6. The fourth-order valence-corrected chi connectivity index (χ4v) is 1.80. The van der Waals surface area contributed by atoms with E-state index >= 15 is 0 Å². The summed E-state index contributed by atoms with van der Waals surface area (Å²) < 4.78 is 0. The summed E-state index contributed by atoms with van der Waals surface area (Å²) in [7, 11) is 0. The first-order chi connectivity index (χ1) is 13.4. The topological polar surface area (TPSA) is 169 Å². The number of nitrogens with zero attached hydrogens (tertiary/aromatic N) is 4. The van der Waals surface area contributed by atoms with E-state index in [0.717, 1.165) is 0 Å². The summed E-state index contributed by atoms with van der Waals surface area (Å²) in [6, 6.07) is 10.7. The number of nitro groups is 2. The first-order valence-electron chi connectivity index (χ1n) is 7.52. The van der Waals surface area contributed by atoms with Gasteiger partial charge in [-0.05, 0) is 35.4 Å². The van der Waals surface area contributed by atoms with Gasteiger partial charge in [0.2, 0.25) is 0 Å². The average Bonchev–Trinajstić information content (AvgIpc) is 2.68. The van der Waals surface area contributed by atoms with Crippen molar-refractivity contribution in [3.05, 3.63) is 79.9 Å². The molecule has 0 fully saturated rings. The summed E-state index contributed by atoms with van der Waals surface area (Å²) in [5.41, 5.74) is 4.71. The van der Waals surface area contributed by atoms with Crippen LogP contribution in [0.1, 0.15) is 11.1 Å². The van der Waals surface area contributed by atoms with E-state index in [0.29, 0.717) is 11.1 Å². The van der Waals surface area contributed by atoms with Crippen molar-refractivity contribution >= 4 is 35.6 Å². The van der Waals surface area contributed by atoms with Gasteiger partial charge in [-0.15, -0.1) is 0 Å². The van der Waals surface area contributed by atoms with Crippen molar-refractivity contribution in [1.29, 1.82) is 0 Å². The lowest BCUT2D eigenvalue weighted by molar-refractivity contribution is -0.385. The zero-order chi connectivity index (χ0) is 20.5. The van der Waals surface area contributed by atoms with E-state index in [1.807, 2.05) is 10.9 Å². The van der Waals surface area contributed by atoms with Crippen LogP contribution in [-0.2, 0) is 9.59 Å². The van der Waals surface area contributed by atoms with Crippen molar-refractivity contribution in [3.8, 4) is 0 Å². The van der Waals surface area contributed by atoms with Gasteiger partial charge >= 0.3 is 11.8 Å². The Morgan fingerprint density at radius 2 is 1.04 bits per heavy atom. The first kappa shape index (κ1) is 19.8. The Balaban J connectivity index is 1.82. The molecule has 0 unspecified atom stereocenters. The maximum Gasteiger partial charge on any atom is 0.331 e. The highest BCUT2D eigenvalue weighted by Gasteiger charge is 2.11. The van der Waals surface area contributed by atoms with Gasteiger partial charge in [0.05, 0.1) is 22.3 Å². The Hall–Kier alpha value is -4.48. The molecule has 0 radical (unpaired) electrons. The second-order valence-electron chi connectivity index (χ2n) is 5.10. The molecule has 0 aliphatic carbocycles. The molecule has 2 amide bonds. The Kier molecular flexibility index (Phi) is 6.58. The molecule has 0 heterocycles. The molecule has 12 nitrogen and oxygen atoms in total. The zero-order valence-electron chi connectivity index (χ0n) is 14.0. The molecule has 2 rings (SSSR count). The minimum atomic E-state index is -1.08. The summed E-state index contributed by atoms with van der Waals surface area (Å²) in [5.74, 6) is -2.17. The minimum Gasteiger partial charge on any atom is -0.262 e. The number of carbonyl (C=O) groups excluding carboxylic acids is 2. The summed E-state index contributed by atoms with van der Waals surface area (Å²) in [5, 5.41) is 28.2. The monoisotopic (exact) mass is 384 g/mol. The number of benzene rings is 2. The molecule has 0 aliphatic rings. The van der Waals surface area contributed by atoms with E-state index in [4.69, 9.17) is 0 Å². The van der Waals surface area contributed by atoms with Crippen LogP contribution < -0.4 is 10.9 Å². The standard InChI is InChI=1S/C16H12N6O6/c23-15(19-17-9-11-1-5-13(6-2-11)21(25)26)16(24)20-18-10-12-3-7-14(8-4-12)22(27)28/h1-10H,(H,19,23)(H,20,24)/b17-9+,18-10+. The number of nitrogens with one attached hydrogen (secondary N) is 2. The number of non-ortho nitro benzene ring substituents is 2. The molecular weight excluding hydrogens is 372 g/mol. The Bertz CT molecular complexity index is 873. The lowest BCUT2D eigenvalue weighted by Crippen LogP contribution is -2.35. The van der Waals surface area contributed by atoms with Gasteiger partial charge in [-0.25, -0.2) is 10.9 Å². The average molecular weight is 384 g/mol. The van der Waals surface area contributed by atoms with Crippen molar-refractivity contribution in [2.45, 2.75) is 0 Å². The third kappa shape index (κ3) is 5.80. The fraction of sp³-hybridized carbons (Fsp3) is 0. The molecule has 28 heavy (non-hydrogen) atoms. The van der Waals surface area contributed by atoms with Crippen LogP contribution in [0.5, 0.6) is 0 Å². The van der Waals surface area contributed by atoms with Crippen LogP contribution in [0.2, 0.25) is 0 Å². The molecule has 0 saturated heterocycles. The smallest absolute Gasteiger partial charge is 0.262 e. The number of carbonyl (C=O) groups is 2. The fourth-order valence-electron chi connectivity index (χ4n) is 1.80. The molecule has 2 N–H and O–H groups in total. The highest BCUT2D eigenvalue weighted by molar-refractivity contribution is 6.35. The summed E-state index contributed by atoms with van der Waals surface area (Å²) in [6.45, 7) is 0. The van der Waals surface area contributed by atoms with Crippen molar-refractivity contribution in [3.63, 3.8) is 0 Å². The van der Waals surface area contributed by atoms with Crippen LogP contribution in [-0.4, -0.2) is 34.1 Å². The Morgan fingerprint density at radius 1 is 0.714 bits per heavy atom. The highest BCUT2D eigenvalue weighted by atomic mass is 16.6. The van der Waals surface area contributed by atoms with Gasteiger partial charge in [0, 0.05) is 24.3 Å². The van der Waals surface area contributed by atoms with E-state index in [1.165, 1.54) is 61.0 Å². The Labute approximate surface area is 156 Å². The molecule has 0 spiro atoms. The number of nitro benzene ring substituents is 2. The molecule has 0 aliphatic heterocycles. The van der Waals surface area contributed by atoms with Crippen molar-refractivity contribution in [1.82, 2.24) is 10.9 Å². The van der Waals surface area contributed by atoms with E-state index < -0.39 is 21.7 Å². The van der Waals surface area contributed by atoms with Crippen LogP contribution in [0.3, 0.4) is 0 Å². The lowest BCUT2D eigenvalue weighted by Gasteiger charge is -1.98. The molecule has 0 saturated carbocycles. The second-order valence-corrected chi connectivity index (χ2v) is 5.10. The SMILES string of the molecule is O=C(N/N=C/c1ccc([N+](=O)[O-])cc1)C(=O)N/N=C/c1ccc([N+](=O)[O-])cc1. The molecule has 2 aromatic rings. The number of amides is 2. The third-order valence-corrected chi connectivity index (χ3v) is 3.17. The number of hydrazone groups is 2. The van der Waals surface area contributed by atoms with E-state index in [2.05, 4.69) is 10.2 Å². The van der Waals surface area contributed by atoms with Gasteiger partial charge in [-0.3, -0.25) is 29.8 Å². The number of hydrogen-bond acceptors (Lipinski definition) is 8. The second kappa shape index (κ2) is 9.28. The largest absolute Gasteiger partial charge is 0.331 e. The van der Waals surface area contributed by atoms with E-state index in [1.54, 1.807) is 0 Å². The zero-order valence-corrected chi connectivity index (χ0v) is 14.0. The molecule has 0 aromatic heterocycles. The molecule has 12 heteroatoms. The van der Waals surface area contributed by atoms with Crippen LogP contribution in [0.4, 0.5) is 11.4 Å². The lowest BCUT2D eigenvalue weighted by atomic mass is 10.2. The normalized spacial score (nSPS) is 10.7. The quantitative estimate of drug-likeness (QED) is 0.327. The third-order valence-electron chi connectivity index (χ3n) is 3.17. The van der Waals surface area contributed by atoms with E-state index in [9.17, 15) is 29.8 Å². The van der Waals surface area contributed by atoms with Gasteiger partial charge in [-0.1, -0.05) is 0 Å². The number of hydrogen-bond donors (Lipinski definition) is 2. The summed E-state index contributed by atoms with van der Waals surface area (Å²) in [6.07, 6.45) is 2.41. The first-order valence-corrected chi connectivity index (χ1v) is 7.52. The van der Waals surface area contributed by atoms with Gasteiger partial charge < -0.3 is 0 Å². The van der Waals surface area contributed by atoms with Crippen LogP contribution in [0.25, 0.3) is 0 Å². The highest BCUT2D eigenvalue weighted by Crippen LogP contribution is 2.11. The number of rotatable bonds is 6. The predicted octanol–water partition coefficient (Wildman–Crippen LogP) is 1.10. The van der Waals surface area contributed by atoms with Gasteiger partial charge in [-0.2, -0.15) is 10.2 Å². The van der Waals surface area contributed by atoms with Gasteiger partial charge in [0.15, 0.2) is 0 Å². The Morgan fingerprint density at radius 3 is 1.32 bits per heavy atom. The molecular formula is C16H12N6O6. The van der Waals surface area contributed by atoms with Crippen LogP contribution in [0, 0.1) is 20.2 Å². The molecule has 0 atom stereocenters. The molecule has 2 aromatic carbocycles. The van der Waals surface area contributed by atoms with Gasteiger partial charge in [0.25, 0.3) is 11.4 Å². The van der Waals surface area contributed by atoms with Gasteiger partial charge in [0.1, 0.15) is 0 Å². The van der Waals surface area contributed by atoms with E-state index in [-0.39, 0.29) is 11.4 Å². The minimum absolute atomic E-state index is 0.0913.